The monoisotopic (exact) mass is 406 g/mol. The Kier molecular flexibility index (Phi) is 7.10. The first kappa shape index (κ1) is 21.8. The van der Waals surface area contributed by atoms with Gasteiger partial charge in [-0.1, -0.05) is 19.8 Å². The predicted octanol–water partition coefficient (Wildman–Crippen LogP) is 4.52. The zero-order valence-corrected chi connectivity index (χ0v) is 18.4. The Bertz CT molecular complexity index is 970. The maximum atomic E-state index is 11.4. The molecule has 0 atom stereocenters. The Morgan fingerprint density at radius 2 is 2.07 bits per heavy atom. The number of carbonyl (C=O) groups excluding carboxylic acids is 1. The summed E-state index contributed by atoms with van der Waals surface area (Å²) in [6, 6.07) is 4.25. The summed E-state index contributed by atoms with van der Waals surface area (Å²) in [5, 5.41) is 0. The van der Waals surface area contributed by atoms with Crippen LogP contribution in [0.2, 0.25) is 0 Å². The van der Waals surface area contributed by atoms with Gasteiger partial charge in [0.15, 0.2) is 0 Å². The van der Waals surface area contributed by atoms with Crippen molar-refractivity contribution in [3.05, 3.63) is 52.6 Å². The summed E-state index contributed by atoms with van der Waals surface area (Å²) in [5.41, 5.74) is 4.94. The first-order valence-electron chi connectivity index (χ1n) is 10.7. The van der Waals surface area contributed by atoms with Crippen molar-refractivity contribution < 1.29 is 14.3 Å². The largest absolute Gasteiger partial charge is 0.493 e. The van der Waals surface area contributed by atoms with E-state index in [1.54, 1.807) is 12.4 Å². The fourth-order valence-corrected chi connectivity index (χ4v) is 3.54. The maximum Gasteiger partial charge on any atom is 0.305 e. The van der Waals surface area contributed by atoms with Crippen LogP contribution in [0.3, 0.4) is 0 Å². The summed E-state index contributed by atoms with van der Waals surface area (Å²) in [6.45, 7) is 9.56. The van der Waals surface area contributed by atoms with Gasteiger partial charge in [0.25, 0.3) is 0 Å². The van der Waals surface area contributed by atoms with E-state index in [1.807, 2.05) is 6.92 Å². The predicted molar refractivity (Wildman–Crippen MR) is 117 cm³/mol. The normalized spacial score (nSPS) is 14.1. The van der Waals surface area contributed by atoms with Crippen molar-refractivity contribution in [3.8, 4) is 17.6 Å². The molecule has 0 spiro atoms. The third-order valence-electron chi connectivity index (χ3n) is 5.42. The van der Waals surface area contributed by atoms with Crippen LogP contribution >= 0.6 is 0 Å². The molecule has 0 bridgehead atoms. The molecule has 0 unspecified atom stereocenters. The van der Waals surface area contributed by atoms with Crippen molar-refractivity contribution in [2.45, 2.75) is 65.2 Å². The number of nitrogens with zero attached hydrogens (tertiary/aromatic N) is 2. The van der Waals surface area contributed by atoms with Gasteiger partial charge in [-0.05, 0) is 68.6 Å². The lowest BCUT2D eigenvalue weighted by atomic mass is 9.78. The SMILES string of the molecule is CCOC(=O)CCCCc1cncc(C#Cc2cc3c(cc2C)OCCC3(C)C)n1. The number of hydrogen-bond donors (Lipinski definition) is 0. The molecular formula is C25H30N2O3. The van der Waals surface area contributed by atoms with E-state index in [9.17, 15) is 4.79 Å². The van der Waals surface area contributed by atoms with Gasteiger partial charge in [-0.3, -0.25) is 9.78 Å². The van der Waals surface area contributed by atoms with Gasteiger partial charge >= 0.3 is 5.97 Å². The molecule has 30 heavy (non-hydrogen) atoms. The van der Waals surface area contributed by atoms with Crippen molar-refractivity contribution in [1.82, 2.24) is 9.97 Å². The topological polar surface area (TPSA) is 61.3 Å². The van der Waals surface area contributed by atoms with Crippen molar-refractivity contribution in [2.24, 2.45) is 0 Å². The van der Waals surface area contributed by atoms with Gasteiger partial charge in [0.2, 0.25) is 0 Å². The lowest BCUT2D eigenvalue weighted by Gasteiger charge is -2.33. The van der Waals surface area contributed by atoms with Gasteiger partial charge in [0.05, 0.1) is 25.1 Å². The van der Waals surface area contributed by atoms with Gasteiger partial charge in [-0.15, -0.1) is 0 Å². The van der Waals surface area contributed by atoms with Crippen LogP contribution < -0.4 is 4.74 Å². The van der Waals surface area contributed by atoms with Crippen LogP contribution in [0.25, 0.3) is 0 Å². The Morgan fingerprint density at radius 1 is 1.23 bits per heavy atom. The Morgan fingerprint density at radius 3 is 2.87 bits per heavy atom. The molecule has 1 aliphatic heterocycles. The summed E-state index contributed by atoms with van der Waals surface area (Å²) < 4.78 is 10.8. The van der Waals surface area contributed by atoms with Crippen LogP contribution in [-0.2, 0) is 21.4 Å². The number of rotatable bonds is 6. The zero-order chi connectivity index (χ0) is 21.6. The average Bonchev–Trinajstić information content (AvgIpc) is 2.70. The molecule has 0 fully saturated rings. The zero-order valence-electron chi connectivity index (χ0n) is 18.4. The highest BCUT2D eigenvalue weighted by Gasteiger charge is 2.29. The first-order valence-corrected chi connectivity index (χ1v) is 10.7. The number of benzene rings is 1. The molecule has 2 heterocycles. The molecule has 1 aromatic heterocycles. The molecule has 158 valence electrons. The molecule has 0 N–H and O–H groups in total. The summed E-state index contributed by atoms with van der Waals surface area (Å²) in [7, 11) is 0. The highest BCUT2D eigenvalue weighted by atomic mass is 16.5. The molecule has 0 amide bonds. The molecule has 1 aromatic carbocycles. The number of hydrogen-bond acceptors (Lipinski definition) is 5. The first-order chi connectivity index (χ1) is 14.4. The molecule has 2 aromatic rings. The molecule has 3 rings (SSSR count). The highest BCUT2D eigenvalue weighted by molar-refractivity contribution is 5.69. The number of fused-ring (bicyclic) bond motifs is 1. The third kappa shape index (κ3) is 5.60. The van der Waals surface area contributed by atoms with Gasteiger partial charge in [-0.2, -0.15) is 0 Å². The fraction of sp³-hybridized carbons (Fsp3) is 0.480. The Hall–Kier alpha value is -2.87. The standard InChI is InChI=1S/C25H30N2O3/c1-5-29-24(28)9-7-6-8-20-16-26-17-21(27-20)11-10-19-15-22-23(14-18(19)2)30-13-12-25(22,3)4/h14-17H,5-9,12-13H2,1-4H3. The second-order valence-electron chi connectivity index (χ2n) is 8.30. The van der Waals surface area contributed by atoms with Crippen LogP contribution in [0.15, 0.2) is 24.5 Å². The number of carbonyl (C=O) groups is 1. The van der Waals surface area contributed by atoms with Gasteiger partial charge < -0.3 is 9.47 Å². The van der Waals surface area contributed by atoms with E-state index >= 15 is 0 Å². The van der Waals surface area contributed by atoms with Gasteiger partial charge in [-0.25, -0.2) is 4.98 Å². The minimum absolute atomic E-state index is 0.0843. The van der Waals surface area contributed by atoms with E-state index in [4.69, 9.17) is 9.47 Å². The van der Waals surface area contributed by atoms with Crippen molar-refractivity contribution in [3.63, 3.8) is 0 Å². The highest BCUT2D eigenvalue weighted by Crippen LogP contribution is 2.39. The Labute approximate surface area is 179 Å². The summed E-state index contributed by atoms with van der Waals surface area (Å²) >= 11 is 0. The molecule has 0 aliphatic carbocycles. The molecular weight excluding hydrogens is 376 g/mol. The molecule has 0 saturated carbocycles. The smallest absolute Gasteiger partial charge is 0.305 e. The minimum atomic E-state index is -0.141. The molecule has 5 nitrogen and oxygen atoms in total. The summed E-state index contributed by atoms with van der Waals surface area (Å²) in [4.78, 5) is 20.3. The van der Waals surface area contributed by atoms with E-state index < -0.39 is 0 Å². The van der Waals surface area contributed by atoms with Crippen LogP contribution in [-0.4, -0.2) is 29.2 Å². The van der Waals surface area contributed by atoms with Crippen LogP contribution in [0.1, 0.15) is 74.5 Å². The Balaban J connectivity index is 1.68. The fourth-order valence-electron chi connectivity index (χ4n) is 3.54. The summed E-state index contributed by atoms with van der Waals surface area (Å²) in [5.74, 6) is 7.26. The minimum Gasteiger partial charge on any atom is -0.493 e. The van der Waals surface area contributed by atoms with E-state index in [-0.39, 0.29) is 11.4 Å². The van der Waals surface area contributed by atoms with Crippen molar-refractivity contribution in [1.29, 1.82) is 0 Å². The number of aryl methyl sites for hydroxylation is 2. The number of unbranched alkanes of at least 4 members (excludes halogenated alkanes) is 1. The average molecular weight is 407 g/mol. The number of esters is 1. The second kappa shape index (κ2) is 9.75. The van der Waals surface area contributed by atoms with Crippen molar-refractivity contribution in [2.75, 3.05) is 13.2 Å². The lowest BCUT2D eigenvalue weighted by Crippen LogP contribution is -2.26. The third-order valence-corrected chi connectivity index (χ3v) is 5.42. The van der Waals surface area contributed by atoms with Crippen molar-refractivity contribution >= 4 is 5.97 Å². The van der Waals surface area contributed by atoms with E-state index in [0.29, 0.717) is 18.7 Å². The molecule has 1 aliphatic rings. The summed E-state index contributed by atoms with van der Waals surface area (Å²) in [6.07, 6.45) is 7.31. The van der Waals surface area contributed by atoms with E-state index in [2.05, 4.69) is 54.7 Å². The number of ether oxygens (including phenoxy) is 2. The molecule has 5 heteroatoms. The van der Waals surface area contributed by atoms with Gasteiger partial charge in [0.1, 0.15) is 11.4 Å². The second-order valence-corrected chi connectivity index (χ2v) is 8.30. The molecule has 0 saturated heterocycles. The quantitative estimate of drug-likeness (QED) is 0.401. The van der Waals surface area contributed by atoms with Gasteiger partial charge in [0, 0.05) is 23.7 Å². The van der Waals surface area contributed by atoms with Crippen LogP contribution in [0.5, 0.6) is 5.75 Å². The maximum absolute atomic E-state index is 11.4. The van der Waals surface area contributed by atoms with Crippen LogP contribution in [0, 0.1) is 18.8 Å². The lowest BCUT2D eigenvalue weighted by molar-refractivity contribution is -0.143. The number of aromatic nitrogens is 2. The van der Waals surface area contributed by atoms with Crippen LogP contribution in [0.4, 0.5) is 0 Å². The molecule has 0 radical (unpaired) electrons. The van der Waals surface area contributed by atoms with E-state index in [1.165, 1.54) is 5.56 Å². The van der Waals surface area contributed by atoms with E-state index in [0.717, 1.165) is 54.9 Å².